The Morgan fingerprint density at radius 2 is 1.64 bits per heavy atom. The van der Waals surface area contributed by atoms with E-state index in [9.17, 15) is 20.5 Å². The standard InChI is InChI=1S/C34H53N3O8/c1-4-5-6-7-8-9-10-11-12-13-14-15-19-22-27(42-32(40)25-20-17-16-18-21-25)26(36-37-35)24-41-33-29(39)31-30(28(23-38)43-33)44-34(2,3)45-31/h16-22,26-31,33,38-39H,4-15,23-24H2,1-3H3/b22-19+/t26-,27+,28+,29+,30-,31+,33+/m0/s1. The average Bonchev–Trinajstić information content (AvgIpc) is 3.37. The van der Waals surface area contributed by atoms with E-state index in [0.717, 1.165) is 19.3 Å². The number of carbonyl (C=O) groups excluding carboxylic acids is 1. The zero-order valence-electron chi connectivity index (χ0n) is 27.2. The molecule has 0 bridgehead atoms. The first-order chi connectivity index (χ1) is 21.8. The number of ether oxygens (including phenoxy) is 5. The number of unbranched alkanes of at least 4 members (excludes halogenated alkanes) is 11. The molecule has 0 spiro atoms. The van der Waals surface area contributed by atoms with E-state index < -0.39 is 54.6 Å². The summed E-state index contributed by atoms with van der Waals surface area (Å²) in [5.74, 6) is -1.53. The summed E-state index contributed by atoms with van der Waals surface area (Å²) in [6.45, 7) is 5.08. The monoisotopic (exact) mass is 631 g/mol. The summed E-state index contributed by atoms with van der Waals surface area (Å²) in [5, 5.41) is 24.7. The third kappa shape index (κ3) is 12.3. The molecule has 252 valence electrons. The van der Waals surface area contributed by atoms with Crippen LogP contribution in [0, 0.1) is 0 Å². The van der Waals surface area contributed by atoms with Gasteiger partial charge < -0.3 is 33.9 Å². The third-order valence-corrected chi connectivity index (χ3v) is 8.20. The van der Waals surface area contributed by atoms with Crippen LogP contribution in [0.4, 0.5) is 0 Å². The van der Waals surface area contributed by atoms with Crippen molar-refractivity contribution in [3.63, 3.8) is 0 Å². The Balaban J connectivity index is 1.56. The van der Waals surface area contributed by atoms with E-state index in [2.05, 4.69) is 16.9 Å². The second kappa shape index (κ2) is 19.9. The van der Waals surface area contributed by atoms with E-state index in [-0.39, 0.29) is 13.2 Å². The van der Waals surface area contributed by atoms with E-state index in [1.54, 1.807) is 50.3 Å². The highest BCUT2D eigenvalue weighted by Crippen LogP contribution is 2.37. The van der Waals surface area contributed by atoms with Gasteiger partial charge in [-0.1, -0.05) is 101 Å². The zero-order valence-corrected chi connectivity index (χ0v) is 27.2. The van der Waals surface area contributed by atoms with Crippen molar-refractivity contribution in [3.8, 4) is 0 Å². The van der Waals surface area contributed by atoms with Crippen LogP contribution < -0.4 is 0 Å². The lowest BCUT2D eigenvalue weighted by molar-refractivity contribution is -0.283. The molecule has 2 aliphatic rings. The molecular formula is C34H53N3O8. The van der Waals surface area contributed by atoms with Crippen molar-refractivity contribution in [3.05, 3.63) is 58.5 Å². The first-order valence-corrected chi connectivity index (χ1v) is 16.7. The Bertz CT molecular complexity index is 1060. The number of aliphatic hydroxyl groups is 2. The van der Waals surface area contributed by atoms with Crippen molar-refractivity contribution >= 4 is 5.97 Å². The molecule has 0 saturated carbocycles. The lowest BCUT2D eigenvalue weighted by atomic mass is 9.99. The van der Waals surface area contributed by atoms with Gasteiger partial charge in [0, 0.05) is 4.91 Å². The molecule has 0 radical (unpaired) electrons. The number of aliphatic hydroxyl groups excluding tert-OH is 2. The van der Waals surface area contributed by atoms with Gasteiger partial charge in [-0.05, 0) is 50.4 Å². The summed E-state index contributed by atoms with van der Waals surface area (Å²) in [6, 6.07) is 7.63. The summed E-state index contributed by atoms with van der Waals surface area (Å²) in [7, 11) is 0. The van der Waals surface area contributed by atoms with Gasteiger partial charge in [0.05, 0.1) is 18.8 Å². The maximum atomic E-state index is 13.0. The number of esters is 1. The Kier molecular flexibility index (Phi) is 16.3. The Labute approximate surface area is 267 Å². The highest BCUT2D eigenvalue weighted by molar-refractivity contribution is 5.89. The van der Waals surface area contributed by atoms with Crippen LogP contribution >= 0.6 is 0 Å². The van der Waals surface area contributed by atoms with Crippen LogP contribution in [0.1, 0.15) is 108 Å². The molecule has 2 N–H and O–H groups in total. The van der Waals surface area contributed by atoms with Gasteiger partial charge in [-0.25, -0.2) is 4.79 Å². The number of azide groups is 1. The minimum atomic E-state index is -1.23. The lowest BCUT2D eigenvalue weighted by Crippen LogP contribution is -2.58. The van der Waals surface area contributed by atoms with Crippen molar-refractivity contribution in [1.82, 2.24) is 0 Å². The third-order valence-electron chi connectivity index (χ3n) is 8.20. The van der Waals surface area contributed by atoms with E-state index in [1.807, 2.05) is 6.08 Å². The number of fused-ring (bicyclic) bond motifs is 1. The highest BCUT2D eigenvalue weighted by atomic mass is 16.8. The minimum Gasteiger partial charge on any atom is -0.454 e. The second-order valence-electron chi connectivity index (χ2n) is 12.4. The van der Waals surface area contributed by atoms with Crippen molar-refractivity contribution in [1.29, 1.82) is 0 Å². The number of rotatable bonds is 21. The first kappa shape index (κ1) is 37.0. The van der Waals surface area contributed by atoms with Crippen molar-refractivity contribution in [2.45, 2.75) is 146 Å². The predicted molar refractivity (Wildman–Crippen MR) is 170 cm³/mol. The summed E-state index contributed by atoms with van der Waals surface area (Å²) in [5.41, 5.74) is 9.73. The number of hydrogen-bond acceptors (Lipinski definition) is 9. The number of hydrogen-bond donors (Lipinski definition) is 2. The van der Waals surface area contributed by atoms with Crippen LogP contribution in [0.3, 0.4) is 0 Å². The molecule has 2 fully saturated rings. The topological polar surface area (TPSA) is 152 Å². The van der Waals surface area contributed by atoms with E-state index in [4.69, 9.17) is 23.7 Å². The quantitative estimate of drug-likeness (QED) is 0.0377. The number of nitrogens with zero attached hydrogens (tertiary/aromatic N) is 3. The molecule has 1 aromatic rings. The second-order valence-corrected chi connectivity index (χ2v) is 12.4. The molecule has 1 aromatic carbocycles. The maximum absolute atomic E-state index is 13.0. The Hall–Kier alpha value is -2.50. The van der Waals surface area contributed by atoms with Gasteiger partial charge in [0.15, 0.2) is 12.1 Å². The highest BCUT2D eigenvalue weighted by Gasteiger charge is 2.55. The van der Waals surface area contributed by atoms with Crippen LogP contribution in [0.5, 0.6) is 0 Å². The minimum absolute atomic E-state index is 0.221. The van der Waals surface area contributed by atoms with Gasteiger partial charge in [-0.15, -0.1) is 0 Å². The fourth-order valence-corrected chi connectivity index (χ4v) is 5.76. The molecule has 3 rings (SSSR count). The average molecular weight is 632 g/mol. The molecule has 0 aliphatic carbocycles. The van der Waals surface area contributed by atoms with Crippen LogP contribution in [0.15, 0.2) is 47.6 Å². The first-order valence-electron chi connectivity index (χ1n) is 16.7. The van der Waals surface area contributed by atoms with E-state index in [1.165, 1.54) is 57.8 Å². The molecule has 2 heterocycles. The smallest absolute Gasteiger partial charge is 0.338 e. The summed E-state index contributed by atoms with van der Waals surface area (Å²) in [4.78, 5) is 15.9. The molecule has 7 atom stereocenters. The summed E-state index contributed by atoms with van der Waals surface area (Å²) >= 11 is 0. The summed E-state index contributed by atoms with van der Waals surface area (Å²) < 4.78 is 29.2. The summed E-state index contributed by atoms with van der Waals surface area (Å²) in [6.07, 6.45) is 12.7. The van der Waals surface area contributed by atoms with E-state index in [0.29, 0.717) is 5.56 Å². The molecular weight excluding hydrogens is 578 g/mol. The van der Waals surface area contributed by atoms with Crippen molar-refractivity contribution in [2.24, 2.45) is 5.11 Å². The Morgan fingerprint density at radius 3 is 2.27 bits per heavy atom. The van der Waals surface area contributed by atoms with Gasteiger partial charge in [-0.3, -0.25) is 0 Å². The fourth-order valence-electron chi connectivity index (χ4n) is 5.76. The van der Waals surface area contributed by atoms with Gasteiger partial charge in [0.1, 0.15) is 36.6 Å². The van der Waals surface area contributed by atoms with Crippen LogP contribution in [-0.4, -0.2) is 78.0 Å². The molecule has 11 nitrogen and oxygen atoms in total. The van der Waals surface area contributed by atoms with Crippen LogP contribution in [0.25, 0.3) is 10.4 Å². The van der Waals surface area contributed by atoms with Gasteiger partial charge in [-0.2, -0.15) is 0 Å². The van der Waals surface area contributed by atoms with Crippen LogP contribution in [-0.2, 0) is 23.7 Å². The molecule has 2 aliphatic heterocycles. The van der Waals surface area contributed by atoms with Gasteiger partial charge in [0.25, 0.3) is 0 Å². The van der Waals surface area contributed by atoms with Crippen LogP contribution in [0.2, 0.25) is 0 Å². The molecule has 0 aromatic heterocycles. The molecule has 45 heavy (non-hydrogen) atoms. The number of allylic oxidation sites excluding steroid dienone is 1. The van der Waals surface area contributed by atoms with Gasteiger partial charge >= 0.3 is 5.97 Å². The molecule has 0 unspecified atom stereocenters. The number of carbonyl (C=O) groups is 1. The Morgan fingerprint density at radius 1 is 1.02 bits per heavy atom. The lowest BCUT2D eigenvalue weighted by Gasteiger charge is -2.39. The fraction of sp³-hybridized carbons (Fsp3) is 0.735. The largest absolute Gasteiger partial charge is 0.454 e. The normalized spacial score (nSPS) is 25.4. The van der Waals surface area contributed by atoms with Crippen molar-refractivity contribution in [2.75, 3.05) is 13.2 Å². The number of benzene rings is 1. The molecule has 2 saturated heterocycles. The van der Waals surface area contributed by atoms with E-state index >= 15 is 0 Å². The van der Waals surface area contributed by atoms with Gasteiger partial charge in [0.2, 0.25) is 0 Å². The maximum Gasteiger partial charge on any atom is 0.338 e. The molecule has 0 amide bonds. The SMILES string of the molecule is CCCCCCCCCCCCC/C=C/[C@@H](OC(=O)c1ccccc1)[C@H](CO[C@@H]1O[C@H](CO)[C@@H]2OC(C)(C)O[C@@H]2[C@H]1O)N=[N+]=[N-]. The zero-order chi connectivity index (χ0) is 32.5. The molecule has 11 heteroatoms. The van der Waals surface area contributed by atoms with Crippen molar-refractivity contribution < 1.29 is 38.7 Å². The predicted octanol–water partition coefficient (Wildman–Crippen LogP) is 6.76.